The van der Waals surface area contributed by atoms with Crippen LogP contribution in [0.1, 0.15) is 18.4 Å². The Morgan fingerprint density at radius 3 is 3.12 bits per heavy atom. The largest absolute Gasteiger partial charge is 0.312 e. The molecule has 2 nitrogen and oxygen atoms in total. The Bertz CT molecular complexity index is 354. The maximum atomic E-state index is 5.96. The average molecular weight is 253 g/mol. The van der Waals surface area contributed by atoms with Gasteiger partial charge in [-0.3, -0.25) is 0 Å². The molecule has 3 heteroatoms. The fraction of sp³-hybridized carbons (Fsp3) is 0.571. The fourth-order valence-electron chi connectivity index (χ4n) is 2.51. The Labute approximate surface area is 109 Å². The highest BCUT2D eigenvalue weighted by Crippen LogP contribution is 2.14. The van der Waals surface area contributed by atoms with Crippen LogP contribution in [0.25, 0.3) is 0 Å². The van der Waals surface area contributed by atoms with Crippen molar-refractivity contribution in [2.24, 2.45) is 5.92 Å². The van der Waals surface area contributed by atoms with E-state index in [9.17, 15) is 0 Å². The first kappa shape index (κ1) is 12.9. The van der Waals surface area contributed by atoms with Gasteiger partial charge in [-0.15, -0.1) is 0 Å². The molecule has 0 saturated carbocycles. The molecule has 0 radical (unpaired) electrons. The highest BCUT2D eigenvalue weighted by Gasteiger charge is 2.16. The molecule has 1 fully saturated rings. The second-order valence-electron chi connectivity index (χ2n) is 5.03. The number of hydrogen-bond acceptors (Lipinski definition) is 2. The molecule has 1 saturated heterocycles. The second kappa shape index (κ2) is 6.39. The van der Waals surface area contributed by atoms with Gasteiger partial charge in [0.1, 0.15) is 0 Å². The van der Waals surface area contributed by atoms with Crippen LogP contribution in [0, 0.1) is 5.92 Å². The third-order valence-corrected chi connectivity index (χ3v) is 3.61. The van der Waals surface area contributed by atoms with Crippen LogP contribution in [0.2, 0.25) is 5.02 Å². The zero-order valence-corrected chi connectivity index (χ0v) is 11.2. The van der Waals surface area contributed by atoms with Crippen molar-refractivity contribution in [1.82, 2.24) is 10.2 Å². The zero-order chi connectivity index (χ0) is 12.1. The zero-order valence-electron chi connectivity index (χ0n) is 10.5. The highest BCUT2D eigenvalue weighted by molar-refractivity contribution is 6.30. The summed E-state index contributed by atoms with van der Waals surface area (Å²) in [4.78, 5) is 2.43. The van der Waals surface area contributed by atoms with E-state index in [4.69, 9.17) is 11.6 Å². The van der Waals surface area contributed by atoms with Crippen LogP contribution in [0.3, 0.4) is 0 Å². The molecule has 17 heavy (non-hydrogen) atoms. The normalized spacial score (nSPS) is 21.6. The highest BCUT2D eigenvalue weighted by atomic mass is 35.5. The lowest BCUT2D eigenvalue weighted by Gasteiger charge is -2.29. The van der Waals surface area contributed by atoms with E-state index in [1.807, 2.05) is 18.2 Å². The van der Waals surface area contributed by atoms with E-state index < -0.39 is 0 Å². The molecule has 1 aromatic carbocycles. The lowest BCUT2D eigenvalue weighted by atomic mass is 9.98. The Morgan fingerprint density at radius 1 is 1.47 bits per heavy atom. The standard InChI is InChI=1S/C14H21ClN2/c1-17-7-3-5-13(11-17)10-16-9-12-4-2-6-14(15)8-12/h2,4,6,8,13,16H,3,5,7,9-11H2,1H3. The van der Waals surface area contributed by atoms with Crippen molar-refractivity contribution in [1.29, 1.82) is 0 Å². The van der Waals surface area contributed by atoms with Gasteiger partial charge in [-0.25, -0.2) is 0 Å². The summed E-state index contributed by atoms with van der Waals surface area (Å²) in [6, 6.07) is 8.07. The first-order valence-electron chi connectivity index (χ1n) is 6.38. The minimum atomic E-state index is 0.799. The van der Waals surface area contributed by atoms with Crippen molar-refractivity contribution in [3.63, 3.8) is 0 Å². The minimum Gasteiger partial charge on any atom is -0.312 e. The summed E-state index contributed by atoms with van der Waals surface area (Å²) in [5.41, 5.74) is 1.27. The second-order valence-corrected chi connectivity index (χ2v) is 5.47. The molecule has 0 bridgehead atoms. The molecule has 0 amide bonds. The minimum absolute atomic E-state index is 0.799. The van der Waals surface area contributed by atoms with Crippen molar-refractivity contribution in [3.05, 3.63) is 34.9 Å². The Morgan fingerprint density at radius 2 is 2.35 bits per heavy atom. The molecule has 1 aliphatic heterocycles. The van der Waals surface area contributed by atoms with E-state index in [1.54, 1.807) is 0 Å². The number of nitrogens with zero attached hydrogens (tertiary/aromatic N) is 1. The van der Waals surface area contributed by atoms with E-state index in [0.717, 1.165) is 24.0 Å². The maximum absolute atomic E-state index is 5.96. The van der Waals surface area contributed by atoms with E-state index in [1.165, 1.54) is 31.5 Å². The third kappa shape index (κ3) is 4.30. The van der Waals surface area contributed by atoms with Gasteiger partial charge in [0.15, 0.2) is 0 Å². The molecule has 1 heterocycles. The fourth-order valence-corrected chi connectivity index (χ4v) is 2.72. The van der Waals surface area contributed by atoms with Gasteiger partial charge >= 0.3 is 0 Å². The molecule has 2 rings (SSSR count). The van der Waals surface area contributed by atoms with Gasteiger partial charge < -0.3 is 10.2 Å². The Balaban J connectivity index is 1.72. The summed E-state index contributed by atoms with van der Waals surface area (Å²) in [6.07, 6.45) is 2.69. The van der Waals surface area contributed by atoms with Crippen molar-refractivity contribution in [2.45, 2.75) is 19.4 Å². The van der Waals surface area contributed by atoms with Gasteiger partial charge in [0.25, 0.3) is 0 Å². The van der Waals surface area contributed by atoms with Crippen LogP contribution >= 0.6 is 11.6 Å². The molecule has 0 aromatic heterocycles. The topological polar surface area (TPSA) is 15.3 Å². The van der Waals surface area contributed by atoms with Gasteiger partial charge in [0.2, 0.25) is 0 Å². The number of benzene rings is 1. The SMILES string of the molecule is CN1CCCC(CNCc2cccc(Cl)c2)C1. The van der Waals surface area contributed by atoms with Crippen LogP contribution in [0.4, 0.5) is 0 Å². The summed E-state index contributed by atoms with van der Waals surface area (Å²) in [7, 11) is 2.21. The van der Waals surface area contributed by atoms with Crippen molar-refractivity contribution < 1.29 is 0 Å². The van der Waals surface area contributed by atoms with Crippen LogP contribution in [0.5, 0.6) is 0 Å². The van der Waals surface area contributed by atoms with Crippen molar-refractivity contribution >= 4 is 11.6 Å². The quantitative estimate of drug-likeness (QED) is 0.887. The lowest BCUT2D eigenvalue weighted by molar-refractivity contribution is 0.206. The molecule has 94 valence electrons. The van der Waals surface area contributed by atoms with E-state index in [2.05, 4.69) is 23.3 Å². The van der Waals surface area contributed by atoms with Gasteiger partial charge in [0.05, 0.1) is 0 Å². The number of likely N-dealkylation sites (tertiary alicyclic amines) is 1. The molecule has 1 aromatic rings. The van der Waals surface area contributed by atoms with Crippen molar-refractivity contribution in [3.8, 4) is 0 Å². The smallest absolute Gasteiger partial charge is 0.0409 e. The predicted octanol–water partition coefficient (Wildman–Crippen LogP) is 2.77. The number of hydrogen-bond donors (Lipinski definition) is 1. The molecule has 1 unspecified atom stereocenters. The monoisotopic (exact) mass is 252 g/mol. The van der Waals surface area contributed by atoms with Crippen LogP contribution in [-0.4, -0.2) is 31.6 Å². The number of rotatable bonds is 4. The van der Waals surface area contributed by atoms with Crippen LogP contribution < -0.4 is 5.32 Å². The molecular formula is C14H21ClN2. The summed E-state index contributed by atoms with van der Waals surface area (Å²) >= 11 is 5.96. The van der Waals surface area contributed by atoms with Gasteiger partial charge in [0, 0.05) is 18.1 Å². The van der Waals surface area contributed by atoms with Crippen LogP contribution in [-0.2, 0) is 6.54 Å². The molecule has 0 aliphatic carbocycles. The molecule has 1 aliphatic rings. The van der Waals surface area contributed by atoms with Crippen LogP contribution in [0.15, 0.2) is 24.3 Å². The first-order valence-corrected chi connectivity index (χ1v) is 6.75. The summed E-state index contributed by atoms with van der Waals surface area (Å²) < 4.78 is 0. The van der Waals surface area contributed by atoms with E-state index >= 15 is 0 Å². The van der Waals surface area contributed by atoms with E-state index in [0.29, 0.717) is 0 Å². The summed E-state index contributed by atoms with van der Waals surface area (Å²) in [5.74, 6) is 0.799. The lowest BCUT2D eigenvalue weighted by Crippen LogP contribution is -2.37. The first-order chi connectivity index (χ1) is 8.24. The summed E-state index contributed by atoms with van der Waals surface area (Å²) in [6.45, 7) is 4.50. The van der Waals surface area contributed by atoms with Crippen molar-refractivity contribution in [2.75, 3.05) is 26.7 Å². The predicted molar refractivity (Wildman–Crippen MR) is 73.4 cm³/mol. The average Bonchev–Trinajstić information content (AvgIpc) is 2.29. The molecule has 1 N–H and O–H groups in total. The summed E-state index contributed by atoms with van der Waals surface area (Å²) in [5, 5.41) is 4.35. The maximum Gasteiger partial charge on any atom is 0.0409 e. The van der Waals surface area contributed by atoms with Gasteiger partial charge in [-0.1, -0.05) is 23.7 Å². The third-order valence-electron chi connectivity index (χ3n) is 3.37. The Hall–Kier alpha value is -0.570. The van der Waals surface area contributed by atoms with E-state index in [-0.39, 0.29) is 0 Å². The number of nitrogens with one attached hydrogen (secondary N) is 1. The Kier molecular flexibility index (Phi) is 4.84. The van der Waals surface area contributed by atoms with Gasteiger partial charge in [-0.2, -0.15) is 0 Å². The number of piperidine rings is 1. The molecular weight excluding hydrogens is 232 g/mol. The molecule has 0 spiro atoms. The number of halogens is 1. The molecule has 1 atom stereocenters. The van der Waals surface area contributed by atoms with Gasteiger partial charge in [-0.05, 0) is 56.6 Å².